The molecule has 2 aromatic rings. The molecule has 0 aliphatic heterocycles. The lowest BCUT2D eigenvalue weighted by Gasteiger charge is -2.22. The van der Waals surface area contributed by atoms with Gasteiger partial charge in [0.1, 0.15) is 5.75 Å². The number of hydrogen-bond acceptors (Lipinski definition) is 5. The van der Waals surface area contributed by atoms with E-state index in [1.807, 2.05) is 30.3 Å². The Hall–Kier alpha value is -1.88. The van der Waals surface area contributed by atoms with Crippen LogP contribution < -0.4 is 10.5 Å². The second kappa shape index (κ2) is 6.26. The van der Waals surface area contributed by atoms with Crippen LogP contribution >= 0.6 is 0 Å². The fourth-order valence-electron chi connectivity index (χ4n) is 2.75. The standard InChI is InChI=1S/C16H21N3O2/c17-16(10-6-1-2-7-11-16)15-18-14(19-21-15)12-20-13-8-4-3-5-9-13/h3-5,8-9H,1-2,6-7,10-12,17H2. The summed E-state index contributed by atoms with van der Waals surface area (Å²) >= 11 is 0. The van der Waals surface area contributed by atoms with E-state index in [1.54, 1.807) is 0 Å². The minimum atomic E-state index is -0.464. The second-order valence-corrected chi connectivity index (χ2v) is 5.69. The summed E-state index contributed by atoms with van der Waals surface area (Å²) in [4.78, 5) is 4.43. The van der Waals surface area contributed by atoms with Gasteiger partial charge in [0.15, 0.2) is 6.61 Å². The monoisotopic (exact) mass is 287 g/mol. The summed E-state index contributed by atoms with van der Waals surface area (Å²) < 4.78 is 11.0. The number of benzene rings is 1. The van der Waals surface area contributed by atoms with Crippen LogP contribution in [0.5, 0.6) is 5.75 Å². The van der Waals surface area contributed by atoms with Gasteiger partial charge in [0.05, 0.1) is 5.54 Å². The molecule has 0 spiro atoms. The van der Waals surface area contributed by atoms with E-state index in [1.165, 1.54) is 12.8 Å². The molecule has 1 saturated carbocycles. The number of nitrogens with zero attached hydrogens (tertiary/aromatic N) is 2. The molecular weight excluding hydrogens is 266 g/mol. The lowest BCUT2D eigenvalue weighted by molar-refractivity contribution is 0.251. The van der Waals surface area contributed by atoms with Gasteiger partial charge < -0.3 is 15.0 Å². The molecule has 5 heteroatoms. The topological polar surface area (TPSA) is 74.2 Å². The average Bonchev–Trinajstić information content (AvgIpc) is 2.89. The van der Waals surface area contributed by atoms with Crippen LogP contribution in [-0.4, -0.2) is 10.1 Å². The third-order valence-electron chi connectivity index (χ3n) is 4.00. The lowest BCUT2D eigenvalue weighted by atomic mass is 9.91. The highest BCUT2D eigenvalue weighted by atomic mass is 16.5. The van der Waals surface area contributed by atoms with Crippen molar-refractivity contribution in [2.24, 2.45) is 5.73 Å². The predicted molar refractivity (Wildman–Crippen MR) is 78.6 cm³/mol. The van der Waals surface area contributed by atoms with Crippen molar-refractivity contribution in [2.45, 2.75) is 50.7 Å². The summed E-state index contributed by atoms with van der Waals surface area (Å²) in [6, 6.07) is 9.60. The molecule has 0 saturated heterocycles. The maximum Gasteiger partial charge on any atom is 0.246 e. The Morgan fingerprint density at radius 3 is 2.52 bits per heavy atom. The molecule has 2 N–H and O–H groups in total. The van der Waals surface area contributed by atoms with E-state index in [0.29, 0.717) is 18.3 Å². The fraction of sp³-hybridized carbons (Fsp3) is 0.500. The van der Waals surface area contributed by atoms with Gasteiger partial charge in [0.25, 0.3) is 0 Å². The molecule has 0 atom stereocenters. The highest BCUT2D eigenvalue weighted by Crippen LogP contribution is 2.32. The van der Waals surface area contributed by atoms with Crippen LogP contribution in [0.15, 0.2) is 34.9 Å². The first-order valence-corrected chi connectivity index (χ1v) is 7.56. The first-order valence-electron chi connectivity index (χ1n) is 7.56. The molecule has 1 aliphatic carbocycles. The van der Waals surface area contributed by atoms with Crippen LogP contribution in [0.2, 0.25) is 0 Å². The highest BCUT2D eigenvalue weighted by molar-refractivity contribution is 5.21. The first kappa shape index (κ1) is 14.1. The normalized spacial score (nSPS) is 18.1. The summed E-state index contributed by atoms with van der Waals surface area (Å²) in [6.45, 7) is 0.295. The molecule has 1 aromatic carbocycles. The zero-order valence-electron chi connectivity index (χ0n) is 12.1. The molecule has 0 amide bonds. The lowest BCUT2D eigenvalue weighted by Crippen LogP contribution is -2.36. The van der Waals surface area contributed by atoms with E-state index in [9.17, 15) is 0 Å². The number of aromatic nitrogens is 2. The van der Waals surface area contributed by atoms with Crippen molar-refractivity contribution in [3.63, 3.8) is 0 Å². The second-order valence-electron chi connectivity index (χ2n) is 5.69. The third-order valence-corrected chi connectivity index (χ3v) is 4.00. The van der Waals surface area contributed by atoms with E-state index in [0.717, 1.165) is 31.4 Å². The maximum absolute atomic E-state index is 6.46. The van der Waals surface area contributed by atoms with E-state index >= 15 is 0 Å². The molecular formula is C16H21N3O2. The van der Waals surface area contributed by atoms with Gasteiger partial charge in [-0.05, 0) is 25.0 Å². The number of nitrogens with two attached hydrogens (primary N) is 1. The van der Waals surface area contributed by atoms with Crippen LogP contribution in [0.25, 0.3) is 0 Å². The quantitative estimate of drug-likeness (QED) is 0.874. The number of ether oxygens (including phenoxy) is 1. The van der Waals surface area contributed by atoms with Crippen molar-refractivity contribution in [3.05, 3.63) is 42.0 Å². The van der Waals surface area contributed by atoms with Crippen LogP contribution in [0.1, 0.15) is 50.2 Å². The predicted octanol–water partition coefficient (Wildman–Crippen LogP) is 3.16. The summed E-state index contributed by atoms with van der Waals surface area (Å²) in [5.74, 6) is 1.89. The van der Waals surface area contributed by atoms with Gasteiger partial charge in [-0.2, -0.15) is 4.98 Å². The smallest absolute Gasteiger partial charge is 0.246 e. The van der Waals surface area contributed by atoms with Gasteiger partial charge in [-0.3, -0.25) is 0 Å². The van der Waals surface area contributed by atoms with Crippen LogP contribution in [0.3, 0.4) is 0 Å². The van der Waals surface area contributed by atoms with E-state index < -0.39 is 5.54 Å². The minimum Gasteiger partial charge on any atom is -0.485 e. The van der Waals surface area contributed by atoms with Gasteiger partial charge in [-0.25, -0.2) is 0 Å². The first-order chi connectivity index (χ1) is 10.3. The van der Waals surface area contributed by atoms with Crippen LogP contribution in [0.4, 0.5) is 0 Å². The molecule has 0 bridgehead atoms. The van der Waals surface area contributed by atoms with Crippen molar-refractivity contribution in [1.82, 2.24) is 10.1 Å². The van der Waals surface area contributed by atoms with Gasteiger partial charge in [0, 0.05) is 0 Å². The third kappa shape index (κ3) is 3.42. The number of hydrogen-bond donors (Lipinski definition) is 1. The van der Waals surface area contributed by atoms with Crippen molar-refractivity contribution in [3.8, 4) is 5.75 Å². The SMILES string of the molecule is NC1(c2nc(COc3ccccc3)no2)CCCCCC1. The van der Waals surface area contributed by atoms with Crippen LogP contribution in [-0.2, 0) is 12.1 Å². The molecule has 112 valence electrons. The molecule has 1 aromatic heterocycles. The fourth-order valence-corrected chi connectivity index (χ4v) is 2.75. The highest BCUT2D eigenvalue weighted by Gasteiger charge is 2.34. The Morgan fingerprint density at radius 1 is 1.10 bits per heavy atom. The molecule has 0 unspecified atom stereocenters. The van der Waals surface area contributed by atoms with Crippen molar-refractivity contribution < 1.29 is 9.26 Å². The molecule has 1 fully saturated rings. The summed E-state index contributed by atoms with van der Waals surface area (Å²) in [6.07, 6.45) is 6.53. The van der Waals surface area contributed by atoms with E-state index in [4.69, 9.17) is 15.0 Å². The van der Waals surface area contributed by atoms with E-state index in [-0.39, 0.29) is 0 Å². The molecule has 0 radical (unpaired) electrons. The number of rotatable bonds is 4. The summed E-state index contributed by atoms with van der Waals surface area (Å²) in [5.41, 5.74) is 6.00. The zero-order valence-corrected chi connectivity index (χ0v) is 12.1. The maximum atomic E-state index is 6.46. The Balaban J connectivity index is 1.65. The molecule has 5 nitrogen and oxygen atoms in total. The van der Waals surface area contributed by atoms with E-state index in [2.05, 4.69) is 10.1 Å². The van der Waals surface area contributed by atoms with Crippen LogP contribution in [0, 0.1) is 0 Å². The molecule has 1 aliphatic rings. The van der Waals surface area contributed by atoms with Gasteiger partial charge in [-0.15, -0.1) is 0 Å². The average molecular weight is 287 g/mol. The van der Waals surface area contributed by atoms with Gasteiger partial charge in [-0.1, -0.05) is 49.0 Å². The number of para-hydroxylation sites is 1. The molecule has 3 rings (SSSR count). The Kier molecular flexibility index (Phi) is 4.20. The zero-order chi connectivity index (χ0) is 14.5. The Morgan fingerprint density at radius 2 is 1.81 bits per heavy atom. The summed E-state index contributed by atoms with van der Waals surface area (Å²) in [7, 11) is 0. The summed E-state index contributed by atoms with van der Waals surface area (Å²) in [5, 5.41) is 3.99. The van der Waals surface area contributed by atoms with Gasteiger partial charge >= 0.3 is 0 Å². The van der Waals surface area contributed by atoms with Crippen molar-refractivity contribution in [2.75, 3.05) is 0 Å². The van der Waals surface area contributed by atoms with Crippen molar-refractivity contribution >= 4 is 0 Å². The largest absolute Gasteiger partial charge is 0.485 e. The Labute approximate surface area is 124 Å². The molecule has 1 heterocycles. The molecule has 21 heavy (non-hydrogen) atoms. The Bertz CT molecular complexity index is 560. The minimum absolute atomic E-state index is 0.295. The van der Waals surface area contributed by atoms with Crippen molar-refractivity contribution in [1.29, 1.82) is 0 Å². The van der Waals surface area contributed by atoms with Gasteiger partial charge in [0.2, 0.25) is 11.7 Å².